The molecule has 2 aromatic rings. The molecule has 0 aliphatic heterocycles. The van der Waals surface area contributed by atoms with Crippen LogP contribution >= 0.6 is 0 Å². The van der Waals surface area contributed by atoms with Gasteiger partial charge in [-0.15, -0.1) is 0 Å². The van der Waals surface area contributed by atoms with Gasteiger partial charge < -0.3 is 5.32 Å². The number of nitrogens with zero attached hydrogens (tertiary/aromatic N) is 2. The zero-order valence-corrected chi connectivity index (χ0v) is 11.6. The summed E-state index contributed by atoms with van der Waals surface area (Å²) >= 11 is 0. The summed E-state index contributed by atoms with van der Waals surface area (Å²) in [5, 5.41) is 7.97. The Morgan fingerprint density at radius 2 is 2.16 bits per heavy atom. The topological polar surface area (TPSA) is 29.9 Å². The van der Waals surface area contributed by atoms with Crippen LogP contribution in [0.4, 0.5) is 0 Å². The Morgan fingerprint density at radius 1 is 1.32 bits per heavy atom. The van der Waals surface area contributed by atoms with E-state index in [9.17, 15) is 0 Å². The summed E-state index contributed by atoms with van der Waals surface area (Å²) in [6.07, 6.45) is 4.49. The minimum atomic E-state index is 0.646. The SMILES string of the molecule is Cc1cccc(C2CC(NCc3ccn(C)n3)C2)c1. The van der Waals surface area contributed by atoms with Gasteiger partial charge in [0.05, 0.1) is 5.69 Å². The van der Waals surface area contributed by atoms with E-state index in [4.69, 9.17) is 0 Å². The minimum absolute atomic E-state index is 0.646. The maximum absolute atomic E-state index is 4.38. The van der Waals surface area contributed by atoms with Gasteiger partial charge in [0.1, 0.15) is 0 Å². The fourth-order valence-corrected chi connectivity index (χ4v) is 2.79. The Labute approximate surface area is 114 Å². The van der Waals surface area contributed by atoms with Gasteiger partial charge in [-0.1, -0.05) is 29.8 Å². The first-order chi connectivity index (χ1) is 9.20. The fourth-order valence-electron chi connectivity index (χ4n) is 2.79. The molecular formula is C16H21N3. The highest BCUT2D eigenvalue weighted by molar-refractivity contribution is 5.27. The molecule has 3 rings (SSSR count). The number of benzene rings is 1. The summed E-state index contributed by atoms with van der Waals surface area (Å²) in [7, 11) is 1.96. The van der Waals surface area contributed by atoms with Crippen LogP contribution in [-0.2, 0) is 13.6 Å². The van der Waals surface area contributed by atoms with E-state index >= 15 is 0 Å². The number of aryl methyl sites for hydroxylation is 2. The Bertz CT molecular complexity index is 553. The van der Waals surface area contributed by atoms with E-state index in [1.165, 1.54) is 24.0 Å². The molecule has 100 valence electrons. The van der Waals surface area contributed by atoms with Crippen molar-refractivity contribution in [3.8, 4) is 0 Å². The molecule has 1 aromatic carbocycles. The van der Waals surface area contributed by atoms with E-state index in [1.54, 1.807) is 0 Å². The lowest BCUT2D eigenvalue weighted by Crippen LogP contribution is -2.39. The van der Waals surface area contributed by atoms with Crippen LogP contribution in [0.15, 0.2) is 36.5 Å². The van der Waals surface area contributed by atoms with Crippen molar-refractivity contribution in [2.45, 2.75) is 38.3 Å². The Morgan fingerprint density at radius 3 is 2.84 bits per heavy atom. The molecule has 1 heterocycles. The number of hydrogen-bond donors (Lipinski definition) is 1. The monoisotopic (exact) mass is 255 g/mol. The molecule has 1 aromatic heterocycles. The first kappa shape index (κ1) is 12.4. The third-order valence-corrected chi connectivity index (χ3v) is 3.99. The van der Waals surface area contributed by atoms with Gasteiger partial charge in [0, 0.05) is 25.8 Å². The predicted octanol–water partition coefficient (Wildman–Crippen LogP) is 2.76. The first-order valence-electron chi connectivity index (χ1n) is 6.99. The van der Waals surface area contributed by atoms with Gasteiger partial charge in [-0.25, -0.2) is 0 Å². The third kappa shape index (κ3) is 2.87. The molecule has 3 heteroatoms. The van der Waals surface area contributed by atoms with E-state index < -0.39 is 0 Å². The average molecular weight is 255 g/mol. The molecule has 0 radical (unpaired) electrons. The largest absolute Gasteiger partial charge is 0.308 e. The van der Waals surface area contributed by atoms with Crippen molar-refractivity contribution in [3.05, 3.63) is 53.3 Å². The Hall–Kier alpha value is -1.61. The molecule has 1 saturated carbocycles. The van der Waals surface area contributed by atoms with Gasteiger partial charge in [0.2, 0.25) is 0 Å². The maximum Gasteiger partial charge on any atom is 0.0762 e. The van der Waals surface area contributed by atoms with Gasteiger partial charge in [0.15, 0.2) is 0 Å². The Kier molecular flexibility index (Phi) is 3.38. The normalized spacial score (nSPS) is 22.2. The minimum Gasteiger partial charge on any atom is -0.308 e. The van der Waals surface area contributed by atoms with Gasteiger partial charge in [-0.05, 0) is 37.3 Å². The van der Waals surface area contributed by atoms with Crippen molar-refractivity contribution in [2.24, 2.45) is 7.05 Å². The first-order valence-corrected chi connectivity index (χ1v) is 6.99. The van der Waals surface area contributed by atoms with Gasteiger partial charge in [-0.3, -0.25) is 4.68 Å². The molecule has 0 unspecified atom stereocenters. The lowest BCUT2D eigenvalue weighted by Gasteiger charge is -2.36. The van der Waals surface area contributed by atoms with Crippen LogP contribution in [0.25, 0.3) is 0 Å². The molecule has 0 saturated heterocycles. The van der Waals surface area contributed by atoms with Crippen LogP contribution in [-0.4, -0.2) is 15.8 Å². The van der Waals surface area contributed by atoms with Crippen LogP contribution in [0.3, 0.4) is 0 Å². The lowest BCUT2D eigenvalue weighted by molar-refractivity contribution is 0.288. The van der Waals surface area contributed by atoms with Crippen LogP contribution in [0.5, 0.6) is 0 Å². The molecule has 1 N–H and O–H groups in total. The Balaban J connectivity index is 1.48. The summed E-state index contributed by atoms with van der Waals surface area (Å²) in [5.41, 5.74) is 3.99. The molecular weight excluding hydrogens is 234 g/mol. The van der Waals surface area contributed by atoms with Gasteiger partial charge in [0.25, 0.3) is 0 Å². The molecule has 1 aliphatic carbocycles. The summed E-state index contributed by atoms with van der Waals surface area (Å²) in [6.45, 7) is 3.05. The third-order valence-electron chi connectivity index (χ3n) is 3.99. The molecule has 0 spiro atoms. The standard InChI is InChI=1S/C16H21N3/c1-12-4-3-5-13(8-12)14-9-16(10-14)17-11-15-6-7-19(2)18-15/h3-8,14,16-17H,9-11H2,1-2H3. The highest BCUT2D eigenvalue weighted by atomic mass is 15.3. The number of rotatable bonds is 4. The highest BCUT2D eigenvalue weighted by Gasteiger charge is 2.29. The van der Waals surface area contributed by atoms with Crippen molar-refractivity contribution >= 4 is 0 Å². The average Bonchev–Trinajstić information content (AvgIpc) is 2.73. The van der Waals surface area contributed by atoms with Crippen LogP contribution < -0.4 is 5.32 Å². The van der Waals surface area contributed by atoms with E-state index in [1.807, 2.05) is 17.9 Å². The number of aromatic nitrogens is 2. The summed E-state index contributed by atoms with van der Waals surface area (Å²) in [6, 6.07) is 11.6. The van der Waals surface area contributed by atoms with Crippen molar-refractivity contribution in [3.63, 3.8) is 0 Å². The molecule has 19 heavy (non-hydrogen) atoms. The zero-order valence-electron chi connectivity index (χ0n) is 11.6. The molecule has 3 nitrogen and oxygen atoms in total. The van der Waals surface area contributed by atoms with Gasteiger partial charge in [-0.2, -0.15) is 5.10 Å². The lowest BCUT2D eigenvalue weighted by atomic mass is 9.75. The molecule has 0 amide bonds. The van der Waals surface area contributed by atoms with Crippen LogP contribution in [0.1, 0.15) is 35.6 Å². The second-order valence-corrected chi connectivity index (χ2v) is 5.64. The quantitative estimate of drug-likeness (QED) is 0.910. The molecule has 1 fully saturated rings. The smallest absolute Gasteiger partial charge is 0.0762 e. The summed E-state index contributed by atoms with van der Waals surface area (Å²) in [5.74, 6) is 0.737. The van der Waals surface area contributed by atoms with E-state index in [-0.39, 0.29) is 0 Å². The van der Waals surface area contributed by atoms with Gasteiger partial charge >= 0.3 is 0 Å². The van der Waals surface area contributed by atoms with Crippen molar-refractivity contribution < 1.29 is 0 Å². The second kappa shape index (κ2) is 5.17. The van der Waals surface area contributed by atoms with Crippen molar-refractivity contribution in [2.75, 3.05) is 0 Å². The second-order valence-electron chi connectivity index (χ2n) is 5.64. The van der Waals surface area contributed by atoms with Crippen LogP contribution in [0.2, 0.25) is 0 Å². The van der Waals surface area contributed by atoms with Crippen molar-refractivity contribution in [1.82, 2.24) is 15.1 Å². The summed E-state index contributed by atoms with van der Waals surface area (Å²) in [4.78, 5) is 0. The fraction of sp³-hybridized carbons (Fsp3) is 0.438. The van der Waals surface area contributed by atoms with Crippen LogP contribution in [0, 0.1) is 6.92 Å². The maximum atomic E-state index is 4.38. The van der Waals surface area contributed by atoms with E-state index in [0.29, 0.717) is 6.04 Å². The molecule has 0 atom stereocenters. The summed E-state index contributed by atoms with van der Waals surface area (Å²) < 4.78 is 1.85. The van der Waals surface area contributed by atoms with Crippen molar-refractivity contribution in [1.29, 1.82) is 0 Å². The predicted molar refractivity (Wildman–Crippen MR) is 77.0 cm³/mol. The van der Waals surface area contributed by atoms with E-state index in [2.05, 4.69) is 47.7 Å². The highest BCUT2D eigenvalue weighted by Crippen LogP contribution is 2.37. The molecule has 1 aliphatic rings. The number of nitrogens with one attached hydrogen (secondary N) is 1. The van der Waals surface area contributed by atoms with E-state index in [0.717, 1.165) is 18.2 Å². The number of hydrogen-bond acceptors (Lipinski definition) is 2. The molecule has 0 bridgehead atoms. The zero-order chi connectivity index (χ0) is 13.2.